The number of carboxylic acids is 1. The Morgan fingerprint density at radius 2 is 2.06 bits per heavy atom. The van der Waals surface area contributed by atoms with Crippen LogP contribution >= 0.6 is 0 Å². The first-order chi connectivity index (χ1) is 8.59. The van der Waals surface area contributed by atoms with Gasteiger partial charge in [-0.25, -0.2) is 0 Å². The fourth-order valence-corrected chi connectivity index (χ4v) is 1.57. The number of carboxylic acid groups (broad SMARTS) is 1. The zero-order valence-corrected chi connectivity index (χ0v) is 9.75. The van der Waals surface area contributed by atoms with Crippen LogP contribution < -0.4 is 5.32 Å². The van der Waals surface area contributed by atoms with Crippen molar-refractivity contribution in [1.29, 1.82) is 0 Å². The van der Waals surface area contributed by atoms with Crippen LogP contribution in [0.4, 0.5) is 5.69 Å². The molecule has 5 nitrogen and oxygen atoms in total. The third-order valence-electron chi connectivity index (χ3n) is 2.67. The highest BCUT2D eigenvalue weighted by atomic mass is 16.4. The molecule has 0 aliphatic carbocycles. The number of aliphatic carboxylic acids is 1. The van der Waals surface area contributed by atoms with Gasteiger partial charge in [-0.1, -0.05) is 6.07 Å². The van der Waals surface area contributed by atoms with Crippen molar-refractivity contribution in [3.8, 4) is 0 Å². The Kier molecular flexibility index (Phi) is 3.23. The first kappa shape index (κ1) is 12.0. The summed E-state index contributed by atoms with van der Waals surface area (Å²) in [5.74, 6) is -2.78. The maximum atomic E-state index is 11.7. The number of nitrogens with zero attached hydrogens (tertiary/aromatic N) is 1. The minimum atomic E-state index is -1.15. The van der Waals surface area contributed by atoms with E-state index in [2.05, 4.69) is 10.3 Å². The summed E-state index contributed by atoms with van der Waals surface area (Å²) >= 11 is 0. The lowest BCUT2D eigenvalue weighted by Gasteiger charge is -2.10. The molecule has 0 saturated carbocycles. The number of pyridine rings is 1. The summed E-state index contributed by atoms with van der Waals surface area (Å²) in [5, 5.41) is 12.2. The van der Waals surface area contributed by atoms with Crippen LogP contribution in [0, 0.1) is 5.92 Å². The van der Waals surface area contributed by atoms with Crippen LogP contribution in [0.2, 0.25) is 0 Å². The van der Waals surface area contributed by atoms with Gasteiger partial charge in [0.1, 0.15) is 5.92 Å². The molecule has 2 aromatic rings. The minimum Gasteiger partial charge on any atom is -0.481 e. The number of rotatable bonds is 3. The highest BCUT2D eigenvalue weighted by Gasteiger charge is 2.20. The number of benzene rings is 1. The number of carbonyl (C=O) groups excluding carboxylic acids is 1. The van der Waals surface area contributed by atoms with Gasteiger partial charge < -0.3 is 10.4 Å². The van der Waals surface area contributed by atoms with E-state index in [0.29, 0.717) is 5.69 Å². The van der Waals surface area contributed by atoms with E-state index < -0.39 is 17.8 Å². The SMILES string of the molecule is CC(C(=O)O)C(=O)Nc1cccc2ncccc12. The number of aromatic nitrogens is 1. The Morgan fingerprint density at radius 3 is 2.78 bits per heavy atom. The molecular formula is C13H12N2O3. The number of amides is 1. The molecule has 1 aromatic carbocycles. The van der Waals surface area contributed by atoms with Crippen molar-refractivity contribution in [2.75, 3.05) is 5.32 Å². The van der Waals surface area contributed by atoms with Crippen molar-refractivity contribution in [1.82, 2.24) is 4.98 Å². The summed E-state index contributed by atoms with van der Waals surface area (Å²) in [6.07, 6.45) is 1.66. The summed E-state index contributed by atoms with van der Waals surface area (Å²) in [7, 11) is 0. The average molecular weight is 244 g/mol. The van der Waals surface area contributed by atoms with Gasteiger partial charge in [-0.05, 0) is 31.2 Å². The first-order valence-corrected chi connectivity index (χ1v) is 5.47. The van der Waals surface area contributed by atoms with E-state index in [1.807, 2.05) is 12.1 Å². The van der Waals surface area contributed by atoms with E-state index >= 15 is 0 Å². The first-order valence-electron chi connectivity index (χ1n) is 5.47. The molecule has 1 amide bonds. The van der Waals surface area contributed by atoms with E-state index in [0.717, 1.165) is 10.9 Å². The molecule has 1 aromatic heterocycles. The van der Waals surface area contributed by atoms with Gasteiger partial charge in [0, 0.05) is 11.6 Å². The van der Waals surface area contributed by atoms with Gasteiger partial charge in [0.25, 0.3) is 0 Å². The van der Waals surface area contributed by atoms with Crippen LogP contribution in [0.3, 0.4) is 0 Å². The van der Waals surface area contributed by atoms with Gasteiger partial charge in [0.2, 0.25) is 5.91 Å². The molecule has 0 fully saturated rings. The molecule has 92 valence electrons. The maximum Gasteiger partial charge on any atom is 0.315 e. The van der Waals surface area contributed by atoms with E-state index in [4.69, 9.17) is 5.11 Å². The van der Waals surface area contributed by atoms with Crippen LogP contribution in [0.5, 0.6) is 0 Å². The molecule has 0 radical (unpaired) electrons. The number of fused-ring (bicyclic) bond motifs is 1. The second kappa shape index (κ2) is 4.83. The Hall–Kier alpha value is -2.43. The summed E-state index contributed by atoms with van der Waals surface area (Å²) in [4.78, 5) is 26.6. The zero-order valence-electron chi connectivity index (χ0n) is 9.75. The third-order valence-corrected chi connectivity index (χ3v) is 2.67. The van der Waals surface area contributed by atoms with Crippen LogP contribution in [0.15, 0.2) is 36.5 Å². The maximum absolute atomic E-state index is 11.7. The van der Waals surface area contributed by atoms with Gasteiger partial charge in [0.15, 0.2) is 0 Å². The predicted molar refractivity (Wildman–Crippen MR) is 67.2 cm³/mol. The summed E-state index contributed by atoms with van der Waals surface area (Å²) in [6.45, 7) is 1.35. The van der Waals surface area contributed by atoms with E-state index in [-0.39, 0.29) is 0 Å². The molecule has 2 rings (SSSR count). The van der Waals surface area contributed by atoms with Crippen molar-refractivity contribution >= 4 is 28.5 Å². The number of hydrogen-bond acceptors (Lipinski definition) is 3. The largest absolute Gasteiger partial charge is 0.481 e. The van der Waals surface area contributed by atoms with Crippen molar-refractivity contribution in [2.45, 2.75) is 6.92 Å². The molecule has 0 bridgehead atoms. The molecule has 1 unspecified atom stereocenters. The Morgan fingerprint density at radius 1 is 1.28 bits per heavy atom. The second-order valence-electron chi connectivity index (χ2n) is 3.92. The number of nitrogens with one attached hydrogen (secondary N) is 1. The summed E-state index contributed by atoms with van der Waals surface area (Å²) in [6, 6.07) is 8.89. The van der Waals surface area contributed by atoms with Crippen molar-refractivity contribution < 1.29 is 14.7 Å². The van der Waals surface area contributed by atoms with Gasteiger partial charge in [-0.15, -0.1) is 0 Å². The molecule has 1 atom stereocenters. The molecule has 0 saturated heterocycles. The standard InChI is InChI=1S/C13H12N2O3/c1-8(13(17)18)12(16)15-11-6-2-5-10-9(11)4-3-7-14-10/h2-8H,1H3,(H,15,16)(H,17,18). The third kappa shape index (κ3) is 2.29. The van der Waals surface area contributed by atoms with Crippen LogP contribution in [-0.4, -0.2) is 22.0 Å². The Bertz CT molecular complexity index is 605. The topological polar surface area (TPSA) is 79.3 Å². The Labute approximate surface area is 103 Å². The number of hydrogen-bond donors (Lipinski definition) is 2. The molecule has 0 spiro atoms. The summed E-state index contributed by atoms with van der Waals surface area (Å²) in [5.41, 5.74) is 1.32. The highest BCUT2D eigenvalue weighted by Crippen LogP contribution is 2.21. The number of carbonyl (C=O) groups is 2. The van der Waals surface area contributed by atoms with E-state index in [1.165, 1.54) is 6.92 Å². The second-order valence-corrected chi connectivity index (χ2v) is 3.92. The summed E-state index contributed by atoms with van der Waals surface area (Å²) < 4.78 is 0. The van der Waals surface area contributed by atoms with Crippen LogP contribution in [0.25, 0.3) is 10.9 Å². The lowest BCUT2D eigenvalue weighted by atomic mass is 10.1. The normalized spacial score (nSPS) is 12.1. The van der Waals surface area contributed by atoms with Crippen molar-refractivity contribution in [3.05, 3.63) is 36.5 Å². The predicted octanol–water partition coefficient (Wildman–Crippen LogP) is 1.89. The molecular weight excluding hydrogens is 232 g/mol. The smallest absolute Gasteiger partial charge is 0.315 e. The zero-order chi connectivity index (χ0) is 13.1. The van der Waals surface area contributed by atoms with Crippen LogP contribution in [-0.2, 0) is 9.59 Å². The van der Waals surface area contributed by atoms with Gasteiger partial charge in [0.05, 0.1) is 11.2 Å². The fourth-order valence-electron chi connectivity index (χ4n) is 1.57. The van der Waals surface area contributed by atoms with Crippen molar-refractivity contribution in [2.24, 2.45) is 5.92 Å². The lowest BCUT2D eigenvalue weighted by Crippen LogP contribution is -2.26. The number of anilines is 1. The quantitative estimate of drug-likeness (QED) is 0.808. The van der Waals surface area contributed by atoms with Crippen LogP contribution in [0.1, 0.15) is 6.92 Å². The lowest BCUT2D eigenvalue weighted by molar-refractivity contribution is -0.144. The van der Waals surface area contributed by atoms with Gasteiger partial charge in [-0.3, -0.25) is 14.6 Å². The highest BCUT2D eigenvalue weighted by molar-refractivity contribution is 6.07. The molecule has 1 heterocycles. The molecule has 0 aliphatic rings. The molecule has 0 aliphatic heterocycles. The van der Waals surface area contributed by atoms with E-state index in [9.17, 15) is 9.59 Å². The molecule has 18 heavy (non-hydrogen) atoms. The monoisotopic (exact) mass is 244 g/mol. The minimum absolute atomic E-state index is 0.543. The van der Waals surface area contributed by atoms with Gasteiger partial charge >= 0.3 is 5.97 Å². The molecule has 2 N–H and O–H groups in total. The van der Waals surface area contributed by atoms with E-state index in [1.54, 1.807) is 24.4 Å². The Balaban J connectivity index is 2.32. The average Bonchev–Trinajstić information content (AvgIpc) is 2.38. The fraction of sp³-hybridized carbons (Fsp3) is 0.154. The molecule has 5 heteroatoms. The van der Waals surface area contributed by atoms with Crippen molar-refractivity contribution in [3.63, 3.8) is 0 Å². The van der Waals surface area contributed by atoms with Gasteiger partial charge in [-0.2, -0.15) is 0 Å².